The highest BCUT2D eigenvalue weighted by Gasteiger charge is 2.29. The smallest absolute Gasteiger partial charge is 0.258 e. The molecule has 186 valence electrons. The van der Waals surface area contributed by atoms with Crippen LogP contribution in [0.2, 0.25) is 0 Å². The summed E-state index contributed by atoms with van der Waals surface area (Å²) in [4.78, 5) is 26.6. The number of aromatic nitrogens is 2. The van der Waals surface area contributed by atoms with E-state index in [0.29, 0.717) is 36.5 Å². The Kier molecular flexibility index (Phi) is 7.71. The Morgan fingerprint density at radius 3 is 2.47 bits per heavy atom. The number of hydrogen-bond donors (Lipinski definition) is 2. The Bertz CT molecular complexity index is 1300. The molecule has 1 fully saturated rings. The molecular weight excluding hydrogens is 454 g/mol. The molecule has 3 heterocycles. The number of anilines is 1. The van der Waals surface area contributed by atoms with Crippen molar-refractivity contribution in [2.24, 2.45) is 0 Å². The Labute approximate surface area is 211 Å². The molecule has 0 unspecified atom stereocenters. The van der Waals surface area contributed by atoms with Crippen LogP contribution in [0.25, 0.3) is 11.1 Å². The maximum absolute atomic E-state index is 13.8. The van der Waals surface area contributed by atoms with Crippen molar-refractivity contribution in [3.8, 4) is 34.5 Å². The van der Waals surface area contributed by atoms with Gasteiger partial charge in [0.2, 0.25) is 0 Å². The second-order valence-electron chi connectivity index (χ2n) is 8.52. The lowest BCUT2D eigenvalue weighted by Crippen LogP contribution is -2.48. The van der Waals surface area contributed by atoms with E-state index in [4.69, 9.17) is 10.5 Å². The predicted molar refractivity (Wildman–Crippen MR) is 140 cm³/mol. The number of amides is 1. The average Bonchev–Trinajstić information content (AvgIpc) is 2.92. The topological polar surface area (TPSA) is 105 Å². The summed E-state index contributed by atoms with van der Waals surface area (Å²) in [6, 6.07) is 8.66. The highest BCUT2D eigenvalue weighted by molar-refractivity contribution is 6.05. The van der Waals surface area contributed by atoms with Crippen molar-refractivity contribution < 1.29 is 14.6 Å². The fourth-order valence-corrected chi connectivity index (χ4v) is 4.39. The number of nitrogen functional groups attached to an aromatic ring is 1. The van der Waals surface area contributed by atoms with Crippen LogP contribution in [0.1, 0.15) is 41.0 Å². The highest BCUT2D eigenvalue weighted by Crippen LogP contribution is 2.40. The quantitative estimate of drug-likeness (QED) is 0.535. The van der Waals surface area contributed by atoms with Crippen LogP contribution in [0.5, 0.6) is 11.5 Å². The second-order valence-corrected chi connectivity index (χ2v) is 8.52. The summed E-state index contributed by atoms with van der Waals surface area (Å²) < 4.78 is 5.55. The van der Waals surface area contributed by atoms with Crippen molar-refractivity contribution in [2.45, 2.75) is 20.3 Å². The first-order chi connectivity index (χ1) is 17.5. The largest absolute Gasteiger partial charge is 0.504 e. The molecule has 0 spiro atoms. The van der Waals surface area contributed by atoms with Crippen LogP contribution in [0.4, 0.5) is 5.82 Å². The van der Waals surface area contributed by atoms with Crippen LogP contribution in [-0.2, 0) is 6.42 Å². The van der Waals surface area contributed by atoms with Gasteiger partial charge in [-0.3, -0.25) is 9.78 Å². The van der Waals surface area contributed by atoms with Crippen LogP contribution in [0.3, 0.4) is 0 Å². The number of nitrogens with zero attached hydrogens (tertiary/aromatic N) is 4. The van der Waals surface area contributed by atoms with E-state index in [1.54, 1.807) is 30.6 Å². The summed E-state index contributed by atoms with van der Waals surface area (Å²) in [6.45, 7) is 7.91. The molecule has 1 saturated heterocycles. The highest BCUT2D eigenvalue weighted by atomic mass is 16.5. The summed E-state index contributed by atoms with van der Waals surface area (Å²) in [6.07, 6.45) is 4.01. The number of hydrogen-bond acceptors (Lipinski definition) is 7. The first kappa shape index (κ1) is 25.0. The lowest BCUT2D eigenvalue weighted by Gasteiger charge is -2.34. The lowest BCUT2D eigenvalue weighted by molar-refractivity contribution is 0.0640. The summed E-state index contributed by atoms with van der Waals surface area (Å²) in [5, 5.41) is 10.6. The van der Waals surface area contributed by atoms with Crippen molar-refractivity contribution in [2.75, 3.05) is 45.6 Å². The lowest BCUT2D eigenvalue weighted by atomic mass is 9.92. The fraction of sp³-hybridized carbons (Fsp3) is 0.321. The van der Waals surface area contributed by atoms with Gasteiger partial charge in [0.25, 0.3) is 5.91 Å². The number of piperazine rings is 1. The molecule has 1 amide bonds. The number of aryl methyl sites for hydroxylation is 1. The molecule has 8 heteroatoms. The van der Waals surface area contributed by atoms with Crippen molar-refractivity contribution in [1.29, 1.82) is 0 Å². The van der Waals surface area contributed by atoms with Crippen molar-refractivity contribution in [3.05, 3.63) is 65.1 Å². The van der Waals surface area contributed by atoms with Crippen LogP contribution < -0.4 is 10.5 Å². The Hall–Kier alpha value is -4.09. The normalized spacial score (nSPS) is 13.7. The van der Waals surface area contributed by atoms with Gasteiger partial charge in [-0.1, -0.05) is 25.7 Å². The third kappa shape index (κ3) is 5.11. The maximum Gasteiger partial charge on any atom is 0.258 e. The number of methoxy groups -OCH3 is 1. The number of rotatable bonds is 5. The average molecular weight is 486 g/mol. The molecule has 3 aromatic rings. The molecule has 0 saturated carbocycles. The molecule has 0 bridgehead atoms. The van der Waals surface area contributed by atoms with E-state index in [2.05, 4.69) is 33.6 Å². The van der Waals surface area contributed by atoms with Gasteiger partial charge in [-0.25, -0.2) is 4.98 Å². The monoisotopic (exact) mass is 485 g/mol. The van der Waals surface area contributed by atoms with E-state index in [1.807, 2.05) is 24.0 Å². The number of nitrogens with two attached hydrogens (primary N) is 1. The van der Waals surface area contributed by atoms with Crippen LogP contribution in [0, 0.1) is 11.8 Å². The van der Waals surface area contributed by atoms with Crippen molar-refractivity contribution in [3.63, 3.8) is 0 Å². The van der Waals surface area contributed by atoms with Crippen LogP contribution in [-0.4, -0.2) is 70.6 Å². The van der Waals surface area contributed by atoms with Gasteiger partial charge in [0.05, 0.1) is 23.9 Å². The van der Waals surface area contributed by atoms with E-state index < -0.39 is 0 Å². The molecule has 8 nitrogen and oxygen atoms in total. The number of ether oxygens (including phenoxy) is 1. The van der Waals surface area contributed by atoms with Crippen LogP contribution in [0.15, 0.2) is 42.7 Å². The fourth-order valence-electron chi connectivity index (χ4n) is 4.39. The third-order valence-corrected chi connectivity index (χ3v) is 6.43. The molecular formula is C28H31N5O3. The molecule has 0 radical (unpaired) electrons. The Balaban J connectivity index is 1.85. The minimum atomic E-state index is -0.176. The molecule has 2 aromatic heterocycles. The summed E-state index contributed by atoms with van der Waals surface area (Å²) in [7, 11) is 1.46. The zero-order valence-corrected chi connectivity index (χ0v) is 20.9. The van der Waals surface area contributed by atoms with E-state index in [-0.39, 0.29) is 17.4 Å². The minimum absolute atomic E-state index is 0.0813. The van der Waals surface area contributed by atoms with Gasteiger partial charge >= 0.3 is 0 Å². The third-order valence-electron chi connectivity index (χ3n) is 6.43. The van der Waals surface area contributed by atoms with E-state index in [1.165, 1.54) is 7.11 Å². The summed E-state index contributed by atoms with van der Waals surface area (Å²) in [5.74, 6) is 6.73. The van der Waals surface area contributed by atoms with Gasteiger partial charge in [0.15, 0.2) is 11.5 Å². The number of pyridine rings is 2. The van der Waals surface area contributed by atoms with Crippen LogP contribution >= 0.6 is 0 Å². The Morgan fingerprint density at radius 2 is 1.83 bits per heavy atom. The molecule has 1 aliphatic rings. The minimum Gasteiger partial charge on any atom is -0.504 e. The molecule has 3 N–H and O–H groups in total. The second kappa shape index (κ2) is 11.1. The number of phenols is 1. The van der Waals surface area contributed by atoms with E-state index in [9.17, 15) is 9.90 Å². The van der Waals surface area contributed by atoms with Gasteiger partial charge in [0, 0.05) is 49.7 Å². The van der Waals surface area contributed by atoms with Gasteiger partial charge < -0.3 is 25.4 Å². The van der Waals surface area contributed by atoms with Crippen molar-refractivity contribution >= 4 is 11.7 Å². The Morgan fingerprint density at radius 1 is 1.06 bits per heavy atom. The van der Waals surface area contributed by atoms with Gasteiger partial charge in [-0.05, 0) is 48.9 Å². The maximum atomic E-state index is 13.8. The standard InChI is InChI=1S/C28H31N5O3/c1-4-23-21(8-6-19-7-11-25(29)31-18-19)20(12-13-30-23)22-9-10-24(34)27(36-3)26(22)28(35)33-16-14-32(5-2)15-17-33/h7,9-13,18,34H,4-5,14-17H2,1-3H3,(H2,29,31). The summed E-state index contributed by atoms with van der Waals surface area (Å²) in [5.41, 5.74) is 9.67. The zero-order valence-electron chi connectivity index (χ0n) is 20.9. The SMILES string of the molecule is CCc1nccc(-c2ccc(O)c(OC)c2C(=O)N2CCN(CC)CC2)c1C#Cc1ccc(N)nc1. The van der Waals surface area contributed by atoms with E-state index >= 15 is 0 Å². The molecule has 36 heavy (non-hydrogen) atoms. The number of carbonyl (C=O) groups excluding carboxylic acids is 1. The summed E-state index contributed by atoms with van der Waals surface area (Å²) >= 11 is 0. The molecule has 1 aromatic carbocycles. The number of aromatic hydroxyl groups is 1. The number of phenolic OH excluding ortho intramolecular Hbond substituents is 1. The predicted octanol–water partition coefficient (Wildman–Crippen LogP) is 3.18. The first-order valence-corrected chi connectivity index (χ1v) is 12.1. The van der Waals surface area contributed by atoms with Gasteiger partial charge in [-0.2, -0.15) is 0 Å². The molecule has 0 aliphatic carbocycles. The number of carbonyl (C=O) groups is 1. The van der Waals surface area contributed by atoms with E-state index in [0.717, 1.165) is 42.0 Å². The van der Waals surface area contributed by atoms with Crippen molar-refractivity contribution in [1.82, 2.24) is 19.8 Å². The molecule has 4 rings (SSSR count). The van der Waals surface area contributed by atoms with Gasteiger partial charge in [-0.15, -0.1) is 0 Å². The number of likely N-dealkylation sites (N-methyl/N-ethyl adjacent to an activating group) is 1. The molecule has 0 atom stereocenters. The first-order valence-electron chi connectivity index (χ1n) is 12.1. The zero-order chi connectivity index (χ0) is 25.7. The number of benzene rings is 1. The molecule has 1 aliphatic heterocycles. The van der Waals surface area contributed by atoms with Gasteiger partial charge in [0.1, 0.15) is 5.82 Å².